The van der Waals surface area contributed by atoms with Crippen LogP contribution in [-0.2, 0) is 9.59 Å². The topological polar surface area (TPSA) is 78.4 Å². The van der Waals surface area contributed by atoms with Crippen LogP contribution in [0.4, 0.5) is 5.69 Å². The molecule has 3 N–H and O–H groups in total. The molecule has 0 spiro atoms. The molecule has 114 valence electrons. The van der Waals surface area contributed by atoms with Crippen molar-refractivity contribution >= 4 is 17.5 Å². The van der Waals surface area contributed by atoms with Gasteiger partial charge in [0, 0.05) is 12.2 Å². The number of carbonyl (C=O) groups excluding carboxylic acids is 2. The summed E-state index contributed by atoms with van der Waals surface area (Å²) in [5, 5.41) is 14.8. The SMILES string of the molecule is Cc1ccc(NC(=O)C(=O)NCC[C@H](O)C2CC2)cc1C. The number of amides is 2. The molecule has 1 atom stereocenters. The van der Waals surface area contributed by atoms with E-state index in [-0.39, 0.29) is 6.10 Å². The van der Waals surface area contributed by atoms with Crippen molar-refractivity contribution in [3.8, 4) is 0 Å². The molecule has 0 saturated heterocycles. The Morgan fingerprint density at radius 1 is 1.24 bits per heavy atom. The number of rotatable bonds is 5. The normalized spacial score (nSPS) is 15.4. The van der Waals surface area contributed by atoms with Gasteiger partial charge < -0.3 is 15.7 Å². The average molecular weight is 290 g/mol. The molecule has 0 aliphatic heterocycles. The standard InChI is InChI=1S/C16H22N2O3/c1-10-3-6-13(9-11(10)2)18-16(21)15(20)17-8-7-14(19)12-4-5-12/h3,6,9,12,14,19H,4-5,7-8H2,1-2H3,(H,17,20)(H,18,21)/t14-/m0/s1. The van der Waals surface area contributed by atoms with Crippen LogP contribution < -0.4 is 10.6 Å². The summed E-state index contributed by atoms with van der Waals surface area (Å²) in [6.07, 6.45) is 2.24. The molecule has 1 fully saturated rings. The smallest absolute Gasteiger partial charge is 0.313 e. The van der Waals surface area contributed by atoms with Gasteiger partial charge in [0.2, 0.25) is 0 Å². The lowest BCUT2D eigenvalue weighted by Gasteiger charge is -2.10. The zero-order chi connectivity index (χ0) is 15.4. The highest BCUT2D eigenvalue weighted by Gasteiger charge is 2.29. The second-order valence-electron chi connectivity index (χ2n) is 5.70. The molecular weight excluding hydrogens is 268 g/mol. The zero-order valence-corrected chi connectivity index (χ0v) is 12.5. The lowest BCUT2D eigenvalue weighted by atomic mass is 10.1. The van der Waals surface area contributed by atoms with Crippen molar-refractivity contribution in [2.45, 2.75) is 39.2 Å². The number of carbonyl (C=O) groups is 2. The van der Waals surface area contributed by atoms with E-state index in [2.05, 4.69) is 10.6 Å². The predicted octanol–water partition coefficient (Wildman–Crippen LogP) is 1.52. The first-order valence-electron chi connectivity index (χ1n) is 7.32. The molecule has 0 bridgehead atoms. The first kappa shape index (κ1) is 15.5. The average Bonchev–Trinajstić information content (AvgIpc) is 3.27. The number of hydrogen-bond acceptors (Lipinski definition) is 3. The third-order valence-corrected chi connectivity index (χ3v) is 3.86. The summed E-state index contributed by atoms with van der Waals surface area (Å²) in [6, 6.07) is 5.50. The third-order valence-electron chi connectivity index (χ3n) is 3.86. The number of aliphatic hydroxyl groups excluding tert-OH is 1. The molecule has 1 aromatic carbocycles. The zero-order valence-electron chi connectivity index (χ0n) is 12.5. The molecule has 5 nitrogen and oxygen atoms in total. The van der Waals surface area contributed by atoms with Gasteiger partial charge in [-0.1, -0.05) is 6.07 Å². The molecule has 0 aromatic heterocycles. The maximum absolute atomic E-state index is 11.7. The van der Waals surface area contributed by atoms with E-state index in [0.717, 1.165) is 24.0 Å². The Balaban J connectivity index is 1.76. The van der Waals surface area contributed by atoms with Crippen LogP contribution in [-0.4, -0.2) is 29.6 Å². The summed E-state index contributed by atoms with van der Waals surface area (Å²) in [5.41, 5.74) is 2.79. The van der Waals surface area contributed by atoms with Crippen molar-refractivity contribution in [2.75, 3.05) is 11.9 Å². The molecular formula is C16H22N2O3. The third kappa shape index (κ3) is 4.56. The molecule has 5 heteroatoms. The maximum atomic E-state index is 11.7. The van der Waals surface area contributed by atoms with E-state index in [4.69, 9.17) is 0 Å². The van der Waals surface area contributed by atoms with Crippen molar-refractivity contribution in [3.05, 3.63) is 29.3 Å². The lowest BCUT2D eigenvalue weighted by molar-refractivity contribution is -0.136. The Hall–Kier alpha value is -1.88. The summed E-state index contributed by atoms with van der Waals surface area (Å²) in [6.45, 7) is 4.25. The number of hydrogen-bond donors (Lipinski definition) is 3. The summed E-state index contributed by atoms with van der Waals surface area (Å²) in [7, 11) is 0. The van der Waals surface area contributed by atoms with E-state index < -0.39 is 11.8 Å². The van der Waals surface area contributed by atoms with Gasteiger partial charge in [0.1, 0.15) is 0 Å². The van der Waals surface area contributed by atoms with Gasteiger partial charge in [-0.05, 0) is 62.3 Å². The van der Waals surface area contributed by atoms with Gasteiger partial charge in [0.15, 0.2) is 0 Å². The summed E-state index contributed by atoms with van der Waals surface area (Å²) in [5.74, 6) is -0.971. The van der Waals surface area contributed by atoms with Crippen LogP contribution in [0.25, 0.3) is 0 Å². The van der Waals surface area contributed by atoms with E-state index in [1.54, 1.807) is 6.07 Å². The van der Waals surface area contributed by atoms with Gasteiger partial charge >= 0.3 is 11.8 Å². The van der Waals surface area contributed by atoms with Gasteiger partial charge in [-0.2, -0.15) is 0 Å². The number of benzene rings is 1. The number of nitrogens with one attached hydrogen (secondary N) is 2. The second-order valence-corrected chi connectivity index (χ2v) is 5.70. The molecule has 0 heterocycles. The van der Waals surface area contributed by atoms with Crippen LogP contribution in [0.3, 0.4) is 0 Å². The highest BCUT2D eigenvalue weighted by molar-refractivity contribution is 6.39. The molecule has 1 aromatic rings. The molecule has 0 unspecified atom stereocenters. The Kier molecular flexibility index (Phi) is 4.96. The van der Waals surface area contributed by atoms with Crippen LogP contribution in [0.1, 0.15) is 30.4 Å². The Bertz CT molecular complexity index is 538. The predicted molar refractivity (Wildman–Crippen MR) is 80.9 cm³/mol. The first-order valence-corrected chi connectivity index (χ1v) is 7.32. The van der Waals surface area contributed by atoms with Crippen LogP contribution in [0.15, 0.2) is 18.2 Å². The highest BCUT2D eigenvalue weighted by Crippen LogP contribution is 2.33. The van der Waals surface area contributed by atoms with Gasteiger partial charge in [-0.25, -0.2) is 0 Å². The molecule has 1 aliphatic carbocycles. The van der Waals surface area contributed by atoms with E-state index in [1.807, 2.05) is 26.0 Å². The van der Waals surface area contributed by atoms with Gasteiger partial charge in [-0.15, -0.1) is 0 Å². The van der Waals surface area contributed by atoms with Gasteiger partial charge in [0.25, 0.3) is 0 Å². The van der Waals surface area contributed by atoms with E-state index in [9.17, 15) is 14.7 Å². The molecule has 2 rings (SSSR count). The number of anilines is 1. The fourth-order valence-electron chi connectivity index (χ4n) is 2.14. The van der Waals surface area contributed by atoms with Gasteiger partial charge in [-0.3, -0.25) is 9.59 Å². The highest BCUT2D eigenvalue weighted by atomic mass is 16.3. The Morgan fingerprint density at radius 3 is 2.57 bits per heavy atom. The summed E-state index contributed by atoms with van der Waals surface area (Å²) >= 11 is 0. The van der Waals surface area contributed by atoms with E-state index in [0.29, 0.717) is 24.6 Å². The summed E-state index contributed by atoms with van der Waals surface area (Å²) < 4.78 is 0. The Labute approximate surface area is 124 Å². The first-order chi connectivity index (χ1) is 9.97. The van der Waals surface area contributed by atoms with E-state index >= 15 is 0 Å². The minimum atomic E-state index is -0.681. The van der Waals surface area contributed by atoms with Gasteiger partial charge in [0.05, 0.1) is 6.10 Å². The van der Waals surface area contributed by atoms with E-state index in [1.165, 1.54) is 0 Å². The van der Waals surface area contributed by atoms with Crippen molar-refractivity contribution < 1.29 is 14.7 Å². The largest absolute Gasteiger partial charge is 0.393 e. The van der Waals surface area contributed by atoms with Crippen LogP contribution in [0, 0.1) is 19.8 Å². The van der Waals surface area contributed by atoms with Crippen molar-refractivity contribution in [1.29, 1.82) is 0 Å². The number of aryl methyl sites for hydroxylation is 2. The Morgan fingerprint density at radius 2 is 1.95 bits per heavy atom. The lowest BCUT2D eigenvalue weighted by Crippen LogP contribution is -2.37. The number of aliphatic hydroxyl groups is 1. The minimum absolute atomic E-state index is 0.316. The molecule has 0 radical (unpaired) electrons. The van der Waals surface area contributed by atoms with Crippen molar-refractivity contribution in [3.63, 3.8) is 0 Å². The molecule has 21 heavy (non-hydrogen) atoms. The van der Waals surface area contributed by atoms with Crippen LogP contribution in [0.2, 0.25) is 0 Å². The molecule has 1 aliphatic rings. The summed E-state index contributed by atoms with van der Waals surface area (Å²) in [4.78, 5) is 23.4. The quantitative estimate of drug-likeness (QED) is 0.719. The minimum Gasteiger partial charge on any atom is -0.393 e. The fraction of sp³-hybridized carbons (Fsp3) is 0.500. The maximum Gasteiger partial charge on any atom is 0.313 e. The fourth-order valence-corrected chi connectivity index (χ4v) is 2.14. The van der Waals surface area contributed by atoms with Crippen molar-refractivity contribution in [2.24, 2.45) is 5.92 Å². The molecule has 2 amide bonds. The second kappa shape index (κ2) is 6.72. The van der Waals surface area contributed by atoms with Crippen molar-refractivity contribution in [1.82, 2.24) is 5.32 Å². The monoisotopic (exact) mass is 290 g/mol. The molecule has 1 saturated carbocycles. The van der Waals surface area contributed by atoms with Crippen LogP contribution in [0.5, 0.6) is 0 Å². The van der Waals surface area contributed by atoms with Crippen LogP contribution >= 0.6 is 0 Å².